The van der Waals surface area contributed by atoms with E-state index in [9.17, 15) is 18.0 Å². The molecular weight excluding hydrogens is 439 g/mol. The van der Waals surface area contributed by atoms with Gasteiger partial charge in [0.2, 0.25) is 0 Å². The van der Waals surface area contributed by atoms with Crippen LogP contribution in [0.3, 0.4) is 0 Å². The Balaban J connectivity index is 1.98. The number of nitrogens with zero attached hydrogens (tertiary/aromatic N) is 2. The number of aliphatic imine (C=N–C) groups is 1. The van der Waals surface area contributed by atoms with Crippen molar-refractivity contribution in [1.29, 1.82) is 0 Å². The Kier molecular flexibility index (Phi) is 5.58. The number of hydrogen-bond acceptors (Lipinski definition) is 5. The van der Waals surface area contributed by atoms with E-state index in [1.165, 1.54) is 18.3 Å². The van der Waals surface area contributed by atoms with Crippen LogP contribution in [0.4, 0.5) is 13.2 Å². The van der Waals surface area contributed by atoms with Gasteiger partial charge in [-0.3, -0.25) is 14.8 Å². The minimum absolute atomic E-state index is 0.126. The van der Waals surface area contributed by atoms with Crippen LogP contribution < -0.4 is 5.73 Å². The highest BCUT2D eigenvalue weighted by Crippen LogP contribution is 2.43. The summed E-state index contributed by atoms with van der Waals surface area (Å²) in [6.07, 6.45) is 1.35. The molecule has 2 aromatic rings. The van der Waals surface area contributed by atoms with E-state index in [-0.39, 0.29) is 35.9 Å². The SMILES string of the molecule is CC1(c2cc(CC(=O)c3ccc(Br)cn3)ccc2F)N=C(N)COCC1(F)F. The summed E-state index contributed by atoms with van der Waals surface area (Å²) in [5, 5.41) is 0. The van der Waals surface area contributed by atoms with Crippen molar-refractivity contribution in [2.24, 2.45) is 10.7 Å². The van der Waals surface area contributed by atoms with E-state index in [4.69, 9.17) is 10.5 Å². The van der Waals surface area contributed by atoms with Crippen LogP contribution in [0.5, 0.6) is 0 Å². The van der Waals surface area contributed by atoms with Gasteiger partial charge < -0.3 is 10.5 Å². The fraction of sp³-hybridized carbons (Fsp3) is 0.316. The standard InChI is InChI=1S/C19H17BrF3N3O2/c1-18(19(22,23)10-28-9-17(24)26-18)13-6-11(2-4-14(13)21)7-16(27)15-5-3-12(20)8-25-15/h2-6,8H,7,9-10H2,1H3,(H2,24,26). The van der Waals surface area contributed by atoms with Gasteiger partial charge in [-0.05, 0) is 52.7 Å². The summed E-state index contributed by atoms with van der Waals surface area (Å²) < 4.78 is 49.5. The molecule has 0 amide bonds. The molecule has 1 aliphatic heterocycles. The van der Waals surface area contributed by atoms with Gasteiger partial charge in [0.25, 0.3) is 5.92 Å². The molecule has 1 atom stereocenters. The maximum Gasteiger partial charge on any atom is 0.299 e. The fourth-order valence-electron chi connectivity index (χ4n) is 2.95. The molecule has 9 heteroatoms. The number of aromatic nitrogens is 1. The second-order valence-corrected chi connectivity index (χ2v) is 7.56. The van der Waals surface area contributed by atoms with Gasteiger partial charge >= 0.3 is 0 Å². The van der Waals surface area contributed by atoms with Gasteiger partial charge in [-0.1, -0.05) is 6.07 Å². The molecule has 0 bridgehead atoms. The highest BCUT2D eigenvalue weighted by molar-refractivity contribution is 9.10. The smallest absolute Gasteiger partial charge is 0.299 e. The molecule has 148 valence electrons. The van der Waals surface area contributed by atoms with Crippen LogP contribution in [-0.4, -0.2) is 35.7 Å². The Morgan fingerprint density at radius 2 is 2.07 bits per heavy atom. The van der Waals surface area contributed by atoms with E-state index in [2.05, 4.69) is 25.9 Å². The first kappa shape index (κ1) is 20.5. The van der Waals surface area contributed by atoms with Crippen molar-refractivity contribution in [1.82, 2.24) is 4.98 Å². The van der Waals surface area contributed by atoms with Crippen molar-refractivity contribution in [2.75, 3.05) is 13.2 Å². The summed E-state index contributed by atoms with van der Waals surface area (Å²) in [6.45, 7) is -0.103. The van der Waals surface area contributed by atoms with Crippen molar-refractivity contribution >= 4 is 27.5 Å². The lowest BCUT2D eigenvalue weighted by molar-refractivity contribution is -0.116. The number of alkyl halides is 2. The Bertz CT molecular complexity index is 935. The number of rotatable bonds is 4. The van der Waals surface area contributed by atoms with Crippen molar-refractivity contribution in [3.8, 4) is 0 Å². The molecule has 0 saturated carbocycles. The number of halogens is 4. The van der Waals surface area contributed by atoms with Crippen LogP contribution in [0.15, 0.2) is 46.0 Å². The number of nitrogens with two attached hydrogens (primary N) is 1. The molecule has 1 aliphatic rings. The predicted molar refractivity (Wildman–Crippen MR) is 101 cm³/mol. The number of carbonyl (C=O) groups excluding carboxylic acids is 1. The molecule has 28 heavy (non-hydrogen) atoms. The van der Waals surface area contributed by atoms with E-state index < -0.39 is 23.9 Å². The van der Waals surface area contributed by atoms with Crippen molar-refractivity contribution in [3.05, 3.63) is 63.6 Å². The molecule has 2 N–H and O–H groups in total. The van der Waals surface area contributed by atoms with Gasteiger partial charge in [0, 0.05) is 22.7 Å². The van der Waals surface area contributed by atoms with Crippen LogP contribution in [0, 0.1) is 5.82 Å². The normalized spacial score (nSPS) is 21.7. The van der Waals surface area contributed by atoms with Crippen molar-refractivity contribution < 1.29 is 22.7 Å². The molecule has 1 aromatic carbocycles. The molecule has 5 nitrogen and oxygen atoms in total. The van der Waals surface area contributed by atoms with E-state index in [0.717, 1.165) is 13.0 Å². The zero-order valence-corrected chi connectivity index (χ0v) is 16.5. The number of amidine groups is 1. The average Bonchev–Trinajstić information content (AvgIpc) is 2.73. The third-order valence-electron chi connectivity index (χ3n) is 4.55. The summed E-state index contributed by atoms with van der Waals surface area (Å²) in [4.78, 5) is 20.3. The van der Waals surface area contributed by atoms with E-state index in [0.29, 0.717) is 10.0 Å². The molecular formula is C19H17BrF3N3O2. The Labute approximate surface area is 167 Å². The number of hydrogen-bond donors (Lipinski definition) is 1. The summed E-state index contributed by atoms with van der Waals surface area (Å²) in [5.74, 6) is -4.84. The van der Waals surface area contributed by atoms with E-state index in [1.807, 2.05) is 0 Å². The van der Waals surface area contributed by atoms with Crippen LogP contribution in [-0.2, 0) is 16.7 Å². The first-order chi connectivity index (χ1) is 13.1. The molecule has 1 unspecified atom stereocenters. The van der Waals surface area contributed by atoms with Crippen LogP contribution in [0.1, 0.15) is 28.5 Å². The maximum absolute atomic E-state index is 14.7. The largest absolute Gasteiger partial charge is 0.385 e. The van der Waals surface area contributed by atoms with Crippen molar-refractivity contribution in [2.45, 2.75) is 24.8 Å². The lowest BCUT2D eigenvalue weighted by atomic mass is 9.84. The Morgan fingerprint density at radius 1 is 1.32 bits per heavy atom. The van der Waals surface area contributed by atoms with E-state index in [1.54, 1.807) is 12.1 Å². The number of carbonyl (C=O) groups is 1. The average molecular weight is 456 g/mol. The highest BCUT2D eigenvalue weighted by Gasteiger charge is 2.54. The number of ketones is 1. The number of Topliss-reactive ketones (excluding diaryl/α,β-unsaturated/α-hetero) is 1. The first-order valence-electron chi connectivity index (χ1n) is 8.36. The summed E-state index contributed by atoms with van der Waals surface area (Å²) in [5.41, 5.74) is 3.61. The number of pyridine rings is 1. The summed E-state index contributed by atoms with van der Waals surface area (Å²) >= 11 is 3.23. The molecule has 0 aliphatic carbocycles. The van der Waals surface area contributed by atoms with Gasteiger partial charge in [0.15, 0.2) is 11.3 Å². The van der Waals surface area contributed by atoms with Gasteiger partial charge in [-0.2, -0.15) is 0 Å². The van der Waals surface area contributed by atoms with Gasteiger partial charge in [0.1, 0.15) is 30.6 Å². The Morgan fingerprint density at radius 3 is 2.75 bits per heavy atom. The summed E-state index contributed by atoms with van der Waals surface area (Å²) in [6, 6.07) is 6.85. The lowest BCUT2D eigenvalue weighted by Crippen LogP contribution is -2.45. The fourth-order valence-corrected chi connectivity index (χ4v) is 3.19. The molecule has 0 fully saturated rings. The molecule has 3 rings (SSSR count). The number of benzene rings is 1. The zero-order chi connectivity index (χ0) is 20.5. The third-order valence-corrected chi connectivity index (χ3v) is 5.01. The molecule has 1 aromatic heterocycles. The lowest BCUT2D eigenvalue weighted by Gasteiger charge is -2.33. The zero-order valence-electron chi connectivity index (χ0n) is 14.9. The topological polar surface area (TPSA) is 77.6 Å². The summed E-state index contributed by atoms with van der Waals surface area (Å²) in [7, 11) is 0. The Hall–Kier alpha value is -2.26. The quantitative estimate of drug-likeness (QED) is 0.713. The number of ether oxygens (including phenoxy) is 1. The minimum atomic E-state index is -3.50. The van der Waals surface area contributed by atoms with Gasteiger partial charge in [0.05, 0.1) is 0 Å². The second kappa shape index (κ2) is 7.63. The molecule has 0 saturated heterocycles. The monoisotopic (exact) mass is 455 g/mol. The predicted octanol–water partition coefficient (Wildman–Crippen LogP) is 3.65. The second-order valence-electron chi connectivity index (χ2n) is 6.65. The maximum atomic E-state index is 14.7. The third kappa shape index (κ3) is 3.95. The molecule has 0 spiro atoms. The van der Waals surface area contributed by atoms with Crippen LogP contribution in [0.2, 0.25) is 0 Å². The van der Waals surface area contributed by atoms with Crippen LogP contribution in [0.25, 0.3) is 0 Å². The van der Waals surface area contributed by atoms with Gasteiger partial charge in [-0.15, -0.1) is 0 Å². The highest BCUT2D eigenvalue weighted by atomic mass is 79.9. The minimum Gasteiger partial charge on any atom is -0.385 e. The first-order valence-corrected chi connectivity index (χ1v) is 9.15. The van der Waals surface area contributed by atoms with Gasteiger partial charge in [-0.25, -0.2) is 13.2 Å². The van der Waals surface area contributed by atoms with Crippen LogP contribution >= 0.6 is 15.9 Å². The molecule has 0 radical (unpaired) electrons. The van der Waals surface area contributed by atoms with E-state index >= 15 is 0 Å². The van der Waals surface area contributed by atoms with Crippen molar-refractivity contribution in [3.63, 3.8) is 0 Å². The molecule has 2 heterocycles.